The summed E-state index contributed by atoms with van der Waals surface area (Å²) in [7, 11) is 2.01. The summed E-state index contributed by atoms with van der Waals surface area (Å²) in [6.45, 7) is 5.55. The van der Waals surface area contributed by atoms with Crippen molar-refractivity contribution in [3.8, 4) is 0 Å². The highest BCUT2D eigenvalue weighted by atomic mass is 32.1. The predicted octanol–water partition coefficient (Wildman–Crippen LogP) is 2.45. The van der Waals surface area contributed by atoms with Gasteiger partial charge in [0, 0.05) is 4.88 Å². The van der Waals surface area contributed by atoms with Gasteiger partial charge in [0.2, 0.25) is 0 Å². The van der Waals surface area contributed by atoms with Crippen LogP contribution in [0.2, 0.25) is 0 Å². The molecule has 0 spiro atoms. The van der Waals surface area contributed by atoms with Gasteiger partial charge in [-0.1, -0.05) is 6.92 Å². The molecule has 0 saturated carbocycles. The molecular weight excluding hydrogens is 166 g/mol. The van der Waals surface area contributed by atoms with Crippen LogP contribution in [-0.2, 0) is 6.42 Å². The lowest BCUT2D eigenvalue weighted by Crippen LogP contribution is -2.17. The van der Waals surface area contributed by atoms with Crippen molar-refractivity contribution in [1.82, 2.24) is 5.32 Å². The van der Waals surface area contributed by atoms with Crippen molar-refractivity contribution in [3.63, 3.8) is 0 Å². The van der Waals surface area contributed by atoms with Crippen LogP contribution in [0.15, 0.2) is 11.4 Å². The number of hydrogen-bond acceptors (Lipinski definition) is 2. The molecule has 1 nitrogen and oxygen atoms in total. The molecule has 1 aromatic heterocycles. The van der Waals surface area contributed by atoms with E-state index in [-0.39, 0.29) is 0 Å². The van der Waals surface area contributed by atoms with Gasteiger partial charge >= 0.3 is 0 Å². The van der Waals surface area contributed by atoms with Crippen LogP contribution in [0.3, 0.4) is 0 Å². The van der Waals surface area contributed by atoms with Gasteiger partial charge in [-0.3, -0.25) is 0 Å². The molecule has 0 amide bonds. The fourth-order valence-corrected chi connectivity index (χ4v) is 2.15. The van der Waals surface area contributed by atoms with Crippen molar-refractivity contribution in [3.05, 3.63) is 21.9 Å². The van der Waals surface area contributed by atoms with E-state index in [0.29, 0.717) is 0 Å². The molecule has 2 heteroatoms. The Morgan fingerprint density at radius 3 is 2.83 bits per heavy atom. The second kappa shape index (κ2) is 4.63. The molecule has 12 heavy (non-hydrogen) atoms. The highest BCUT2D eigenvalue weighted by Gasteiger charge is 2.03. The van der Waals surface area contributed by atoms with E-state index < -0.39 is 0 Å². The molecule has 0 saturated heterocycles. The molecule has 0 aromatic carbocycles. The monoisotopic (exact) mass is 183 g/mol. The molecule has 68 valence electrons. The Hall–Kier alpha value is -0.340. The zero-order chi connectivity index (χ0) is 8.97. The quantitative estimate of drug-likeness (QED) is 0.756. The minimum atomic E-state index is 0.740. The van der Waals surface area contributed by atoms with Crippen molar-refractivity contribution in [1.29, 1.82) is 0 Å². The van der Waals surface area contributed by atoms with Crippen LogP contribution < -0.4 is 5.32 Å². The third-order valence-electron chi connectivity index (χ3n) is 1.92. The van der Waals surface area contributed by atoms with Crippen LogP contribution >= 0.6 is 11.3 Å². The maximum Gasteiger partial charge on any atom is 0.00170 e. The van der Waals surface area contributed by atoms with Crippen LogP contribution in [0.4, 0.5) is 0 Å². The first-order valence-corrected chi connectivity index (χ1v) is 5.29. The van der Waals surface area contributed by atoms with Crippen LogP contribution in [0, 0.1) is 12.8 Å². The number of aryl methyl sites for hydroxylation is 1. The Morgan fingerprint density at radius 2 is 2.33 bits per heavy atom. The summed E-state index contributed by atoms with van der Waals surface area (Å²) >= 11 is 1.84. The topological polar surface area (TPSA) is 12.0 Å². The van der Waals surface area contributed by atoms with E-state index in [1.54, 1.807) is 0 Å². The summed E-state index contributed by atoms with van der Waals surface area (Å²) < 4.78 is 0. The zero-order valence-electron chi connectivity index (χ0n) is 8.05. The summed E-state index contributed by atoms with van der Waals surface area (Å²) in [6.07, 6.45) is 1.20. The van der Waals surface area contributed by atoms with Gasteiger partial charge in [0.05, 0.1) is 0 Å². The van der Waals surface area contributed by atoms with Gasteiger partial charge in [-0.15, -0.1) is 11.3 Å². The van der Waals surface area contributed by atoms with Gasteiger partial charge in [-0.25, -0.2) is 0 Å². The van der Waals surface area contributed by atoms with Gasteiger partial charge in [-0.2, -0.15) is 0 Å². The molecule has 0 aliphatic rings. The van der Waals surface area contributed by atoms with Crippen molar-refractivity contribution in [2.75, 3.05) is 13.6 Å². The van der Waals surface area contributed by atoms with Crippen molar-refractivity contribution in [2.24, 2.45) is 5.92 Å². The minimum Gasteiger partial charge on any atom is -0.319 e. The van der Waals surface area contributed by atoms with Crippen LogP contribution in [-0.4, -0.2) is 13.6 Å². The lowest BCUT2D eigenvalue weighted by molar-refractivity contribution is 0.542. The van der Waals surface area contributed by atoms with E-state index in [2.05, 4.69) is 30.6 Å². The van der Waals surface area contributed by atoms with Gasteiger partial charge in [0.25, 0.3) is 0 Å². The fourth-order valence-electron chi connectivity index (χ4n) is 1.43. The zero-order valence-corrected chi connectivity index (χ0v) is 8.87. The Bertz CT molecular complexity index is 229. The number of rotatable bonds is 4. The van der Waals surface area contributed by atoms with Crippen molar-refractivity contribution in [2.45, 2.75) is 20.3 Å². The Balaban J connectivity index is 2.41. The van der Waals surface area contributed by atoms with E-state index in [1.165, 1.54) is 16.9 Å². The average molecular weight is 183 g/mol. The number of hydrogen-bond donors (Lipinski definition) is 1. The van der Waals surface area contributed by atoms with Gasteiger partial charge in [0.1, 0.15) is 0 Å². The summed E-state index contributed by atoms with van der Waals surface area (Å²) in [5.41, 5.74) is 1.49. The van der Waals surface area contributed by atoms with Crippen molar-refractivity contribution >= 4 is 11.3 Å². The van der Waals surface area contributed by atoms with E-state index in [4.69, 9.17) is 0 Å². The SMILES string of the molecule is CNCC(C)Cc1csc(C)c1. The van der Waals surface area contributed by atoms with Crippen LogP contribution in [0.25, 0.3) is 0 Å². The Kier molecular flexibility index (Phi) is 3.76. The molecule has 0 bridgehead atoms. The molecule has 1 atom stereocenters. The molecule has 0 aliphatic carbocycles. The van der Waals surface area contributed by atoms with Crippen molar-refractivity contribution < 1.29 is 0 Å². The van der Waals surface area contributed by atoms with E-state index in [9.17, 15) is 0 Å². The van der Waals surface area contributed by atoms with Gasteiger partial charge in [0.15, 0.2) is 0 Å². The van der Waals surface area contributed by atoms with Gasteiger partial charge in [-0.05, 0) is 49.9 Å². The van der Waals surface area contributed by atoms with Crippen LogP contribution in [0.1, 0.15) is 17.4 Å². The summed E-state index contributed by atoms with van der Waals surface area (Å²) in [5.74, 6) is 0.740. The van der Waals surface area contributed by atoms with Gasteiger partial charge < -0.3 is 5.32 Å². The lowest BCUT2D eigenvalue weighted by atomic mass is 10.0. The molecule has 1 aromatic rings. The first-order chi connectivity index (χ1) is 5.72. The molecule has 0 aliphatic heterocycles. The highest BCUT2D eigenvalue weighted by molar-refractivity contribution is 7.10. The summed E-state index contributed by atoms with van der Waals surface area (Å²) in [4.78, 5) is 1.42. The first kappa shape index (κ1) is 9.75. The Labute approximate surface area is 78.8 Å². The number of thiophene rings is 1. The van der Waals surface area contributed by atoms with E-state index in [1.807, 2.05) is 18.4 Å². The summed E-state index contributed by atoms with van der Waals surface area (Å²) in [6, 6.07) is 2.29. The molecule has 0 radical (unpaired) electrons. The maximum absolute atomic E-state index is 3.20. The summed E-state index contributed by atoms with van der Waals surface area (Å²) in [5, 5.41) is 5.46. The first-order valence-electron chi connectivity index (χ1n) is 4.41. The van der Waals surface area contributed by atoms with Crippen LogP contribution in [0.5, 0.6) is 0 Å². The standard InChI is InChI=1S/C10H17NS/c1-8(6-11-3)4-10-5-9(2)12-7-10/h5,7-8,11H,4,6H2,1-3H3. The smallest absolute Gasteiger partial charge is 0.00170 e. The lowest BCUT2D eigenvalue weighted by Gasteiger charge is -2.08. The van der Waals surface area contributed by atoms with E-state index >= 15 is 0 Å². The third kappa shape index (κ3) is 2.95. The van der Waals surface area contributed by atoms with E-state index in [0.717, 1.165) is 12.5 Å². The fraction of sp³-hybridized carbons (Fsp3) is 0.600. The molecule has 1 heterocycles. The predicted molar refractivity (Wildman–Crippen MR) is 55.9 cm³/mol. The molecular formula is C10H17NS. The maximum atomic E-state index is 3.20. The molecule has 1 rings (SSSR count). The minimum absolute atomic E-state index is 0.740. The molecule has 1 unspecified atom stereocenters. The molecule has 0 fully saturated rings. The number of nitrogens with one attached hydrogen (secondary N) is 1. The Morgan fingerprint density at radius 1 is 1.58 bits per heavy atom. The largest absolute Gasteiger partial charge is 0.319 e. The molecule has 1 N–H and O–H groups in total. The second-order valence-corrected chi connectivity index (χ2v) is 4.55. The normalized spacial score (nSPS) is 13.2. The highest BCUT2D eigenvalue weighted by Crippen LogP contribution is 2.16. The second-order valence-electron chi connectivity index (χ2n) is 3.43. The average Bonchev–Trinajstić information content (AvgIpc) is 2.36. The third-order valence-corrected chi connectivity index (χ3v) is 2.83.